The minimum Gasteiger partial charge on any atom is -0.508 e. The van der Waals surface area contributed by atoms with Crippen LogP contribution in [0, 0.1) is 16.7 Å². The summed E-state index contributed by atoms with van der Waals surface area (Å²) in [6, 6.07) is 17.3. The predicted molar refractivity (Wildman–Crippen MR) is 261 cm³/mol. The van der Waals surface area contributed by atoms with Crippen molar-refractivity contribution in [1.82, 2.24) is 30.1 Å². The molecule has 4 aliphatic heterocycles. The number of amides is 4. The van der Waals surface area contributed by atoms with Gasteiger partial charge in [-0.15, -0.1) is 0 Å². The van der Waals surface area contributed by atoms with Crippen LogP contribution in [0.2, 0.25) is 0 Å². The Hall–Kier alpha value is -5.99. The molecule has 4 aliphatic rings. The number of nitrogens with zero attached hydrogens (tertiary/aromatic N) is 4. The molecule has 0 saturated carbocycles. The Morgan fingerprint density at radius 3 is 2.47 bits per heavy atom. The summed E-state index contributed by atoms with van der Waals surface area (Å²) in [5, 5.41) is 16.9. The molecule has 8 rings (SSSR count). The van der Waals surface area contributed by atoms with E-state index in [1.807, 2.05) is 19.9 Å². The van der Waals surface area contributed by atoms with Gasteiger partial charge >= 0.3 is 5.97 Å². The second kappa shape index (κ2) is 19.9. The highest BCUT2D eigenvalue weighted by Crippen LogP contribution is 2.44. The maximum absolute atomic E-state index is 14.8. The van der Waals surface area contributed by atoms with Crippen molar-refractivity contribution in [2.75, 3.05) is 46.5 Å². The zero-order chi connectivity index (χ0) is 48.5. The summed E-state index contributed by atoms with van der Waals surface area (Å²) in [6.45, 7) is 16.7. The average molecular weight is 929 g/mol. The maximum atomic E-state index is 14.8. The van der Waals surface area contributed by atoms with Gasteiger partial charge in [-0.05, 0) is 116 Å². The number of aromatic hydroxyl groups is 1. The first-order valence-corrected chi connectivity index (χ1v) is 24.4. The topological polar surface area (TPSA) is 163 Å². The molecule has 6 bridgehead atoms. The lowest BCUT2D eigenvalue weighted by atomic mass is 9.77. The fourth-order valence-electron chi connectivity index (χ4n) is 11.1. The monoisotopic (exact) mass is 929 g/mol. The molecule has 14 heteroatoms. The first-order valence-electron chi connectivity index (χ1n) is 24.4. The number of methoxy groups -OCH3 is 1. The lowest BCUT2D eigenvalue weighted by Crippen LogP contribution is -2.62. The minimum absolute atomic E-state index is 0.0116. The number of hydrogen-bond donors (Lipinski definition) is 3. The van der Waals surface area contributed by atoms with Crippen LogP contribution in [0.15, 0.2) is 73.3 Å². The molecule has 3 N–H and O–H groups in total. The van der Waals surface area contributed by atoms with Crippen molar-refractivity contribution in [2.24, 2.45) is 16.7 Å². The van der Waals surface area contributed by atoms with Gasteiger partial charge in [-0.1, -0.05) is 70.7 Å². The number of nitrogens with one attached hydrogen (secondary N) is 2. The molecule has 4 amide bonds. The number of carbonyl (C=O) groups excluding carboxylic acids is 5. The van der Waals surface area contributed by atoms with E-state index < -0.39 is 46.7 Å². The van der Waals surface area contributed by atoms with E-state index >= 15 is 0 Å². The van der Waals surface area contributed by atoms with Gasteiger partial charge in [0.1, 0.15) is 23.9 Å². The van der Waals surface area contributed by atoms with E-state index in [0.717, 1.165) is 45.3 Å². The second-order valence-electron chi connectivity index (χ2n) is 20.4. The molecule has 68 heavy (non-hydrogen) atoms. The Labute approximate surface area is 400 Å². The number of carbonyl (C=O) groups is 5. The van der Waals surface area contributed by atoms with Gasteiger partial charge in [0.2, 0.25) is 17.7 Å². The van der Waals surface area contributed by atoms with Crippen molar-refractivity contribution in [3.63, 3.8) is 0 Å². The van der Waals surface area contributed by atoms with Crippen LogP contribution in [0.4, 0.5) is 0 Å². The first kappa shape index (κ1) is 48.5. The molecule has 3 atom stereocenters. The van der Waals surface area contributed by atoms with Gasteiger partial charge in [0.25, 0.3) is 5.91 Å². The van der Waals surface area contributed by atoms with E-state index in [1.54, 1.807) is 29.0 Å². The van der Waals surface area contributed by atoms with Gasteiger partial charge in [0.15, 0.2) is 0 Å². The van der Waals surface area contributed by atoms with E-state index in [1.165, 1.54) is 16.6 Å². The number of esters is 1. The number of aromatic nitrogens is 1. The number of benzene rings is 3. The van der Waals surface area contributed by atoms with E-state index in [2.05, 4.69) is 85.1 Å². The Balaban J connectivity index is 1.18. The molecule has 3 saturated heterocycles. The Kier molecular flexibility index (Phi) is 14.2. The second-order valence-corrected chi connectivity index (χ2v) is 20.4. The van der Waals surface area contributed by atoms with Crippen LogP contribution in [0.25, 0.3) is 33.3 Å². The summed E-state index contributed by atoms with van der Waals surface area (Å²) in [6.07, 6.45) is 5.19. The van der Waals surface area contributed by atoms with Crippen LogP contribution >= 0.6 is 0 Å². The third kappa shape index (κ3) is 9.67. The van der Waals surface area contributed by atoms with Crippen LogP contribution in [-0.2, 0) is 59.3 Å². The predicted octanol–water partition coefficient (Wildman–Crippen LogP) is 6.59. The van der Waals surface area contributed by atoms with E-state index in [4.69, 9.17) is 9.47 Å². The molecule has 1 spiro atoms. The summed E-state index contributed by atoms with van der Waals surface area (Å²) in [5.74, 6) is -1.91. The van der Waals surface area contributed by atoms with Crippen molar-refractivity contribution in [3.05, 3.63) is 90.0 Å². The number of rotatable bonds is 10. The zero-order valence-corrected chi connectivity index (χ0v) is 40.6. The highest BCUT2D eigenvalue weighted by Gasteiger charge is 2.52. The molecule has 4 aromatic rings. The molecular formula is C54H68N6O8. The number of phenols is 1. The SMILES string of the molecule is C=CC(=O)N1CCC2(CC1)CCN([C@H](C(=O)N[C@H]1Cc3cc(O)cc(c3)-c3ccc4c(c3)c(c(-c3ccccc3CCOC)n4CC)CC(C)(C)COC(=O)[C@@H]3CCCN(N3)C1=O)C(C)C)C2=O. The van der Waals surface area contributed by atoms with Crippen LogP contribution in [-0.4, -0.2) is 119 Å². The van der Waals surface area contributed by atoms with Crippen LogP contribution in [0.5, 0.6) is 5.75 Å². The third-order valence-electron chi connectivity index (χ3n) is 14.7. The third-order valence-corrected chi connectivity index (χ3v) is 14.7. The number of hydrogen-bond acceptors (Lipinski definition) is 9. The Morgan fingerprint density at radius 1 is 1.00 bits per heavy atom. The molecule has 3 aromatic carbocycles. The van der Waals surface area contributed by atoms with E-state index in [0.29, 0.717) is 83.4 Å². The molecule has 3 fully saturated rings. The van der Waals surface area contributed by atoms with Gasteiger partial charge in [-0.25, -0.2) is 5.43 Å². The maximum Gasteiger partial charge on any atom is 0.324 e. The highest BCUT2D eigenvalue weighted by atomic mass is 16.5. The normalized spacial score (nSPS) is 21.2. The summed E-state index contributed by atoms with van der Waals surface area (Å²) in [5.41, 5.74) is 9.78. The molecule has 1 aromatic heterocycles. The molecule has 14 nitrogen and oxygen atoms in total. The van der Waals surface area contributed by atoms with Gasteiger partial charge < -0.3 is 34.3 Å². The number of piperidine rings is 1. The zero-order valence-electron chi connectivity index (χ0n) is 40.6. The standard InChI is InChI=1S/C54H68N6O8/c1-8-46(62)57-23-19-54(20-24-57)21-25-59(52(54)66)47(34(3)4)49(63)55-44-29-35-27-38(30-39(61)28-35)37-16-17-45-41(31-37)42(48(58(45)9-2)40-14-11-10-13-36(40)18-26-67-7)32-53(5,6)33-68-51(65)43-15-12-22-60(56-43)50(44)64/h8,10-11,13-14,16-17,27-28,30-31,34,43-44,47,56,61H,1,9,12,15,18-26,29,32-33H2,2-7H3,(H,55,63)/t43-,44-,47-/m0/s1. The van der Waals surface area contributed by atoms with Crippen LogP contribution in [0.1, 0.15) is 83.4 Å². The molecular weight excluding hydrogens is 861 g/mol. The summed E-state index contributed by atoms with van der Waals surface area (Å²) < 4.78 is 14.0. The van der Waals surface area contributed by atoms with Crippen molar-refractivity contribution >= 4 is 40.5 Å². The molecule has 0 unspecified atom stereocenters. The number of hydrazine groups is 1. The number of cyclic esters (lactones) is 1. The Bertz CT molecular complexity index is 2590. The average Bonchev–Trinajstić information content (AvgIpc) is 3.80. The molecule has 0 aliphatic carbocycles. The highest BCUT2D eigenvalue weighted by molar-refractivity contribution is 5.97. The first-order chi connectivity index (χ1) is 32.6. The van der Waals surface area contributed by atoms with Gasteiger partial charge in [-0.3, -0.25) is 29.0 Å². The van der Waals surface area contributed by atoms with Crippen molar-refractivity contribution < 1.29 is 38.6 Å². The van der Waals surface area contributed by atoms with Crippen LogP contribution in [0.3, 0.4) is 0 Å². The fraction of sp³-hybridized carbons (Fsp3) is 0.500. The number of likely N-dealkylation sites (tertiary alicyclic amines) is 2. The van der Waals surface area contributed by atoms with Crippen LogP contribution < -0.4 is 10.7 Å². The lowest BCUT2D eigenvalue weighted by molar-refractivity contribution is -0.155. The number of fused-ring (bicyclic) bond motifs is 6. The van der Waals surface area contributed by atoms with Crippen molar-refractivity contribution in [2.45, 2.75) is 111 Å². The van der Waals surface area contributed by atoms with Gasteiger partial charge in [0, 0.05) is 68.1 Å². The van der Waals surface area contributed by atoms with Crippen molar-refractivity contribution in [3.8, 4) is 28.1 Å². The lowest BCUT2D eigenvalue weighted by Gasteiger charge is -2.39. The molecule has 362 valence electrons. The van der Waals surface area contributed by atoms with E-state index in [9.17, 15) is 29.1 Å². The summed E-state index contributed by atoms with van der Waals surface area (Å²) in [7, 11) is 1.71. The van der Waals surface area contributed by atoms with E-state index in [-0.39, 0.29) is 36.5 Å². The smallest absolute Gasteiger partial charge is 0.324 e. The number of ether oxygens (including phenoxy) is 2. The summed E-state index contributed by atoms with van der Waals surface area (Å²) in [4.78, 5) is 73.6. The number of phenolic OH excluding ortho intramolecular Hbond substituents is 1. The van der Waals surface area contributed by atoms with Gasteiger partial charge in [0.05, 0.1) is 24.3 Å². The molecule has 0 radical (unpaired) electrons. The van der Waals surface area contributed by atoms with Crippen molar-refractivity contribution in [1.29, 1.82) is 0 Å². The minimum atomic E-state index is -1.13. The Morgan fingerprint density at radius 2 is 1.75 bits per heavy atom. The quantitative estimate of drug-likeness (QED) is 0.118. The fourth-order valence-corrected chi connectivity index (χ4v) is 11.1. The molecule has 5 heterocycles. The largest absolute Gasteiger partial charge is 0.508 e. The summed E-state index contributed by atoms with van der Waals surface area (Å²) >= 11 is 0. The van der Waals surface area contributed by atoms with Gasteiger partial charge in [-0.2, -0.15) is 0 Å². The number of aryl methyl sites for hydroxylation is 1.